The quantitative estimate of drug-likeness (QED) is 0.353. The maximum atomic E-state index is 12.6. The Bertz CT molecular complexity index is 1330. The van der Waals surface area contributed by atoms with Crippen LogP contribution in [0.15, 0.2) is 72.1 Å². The van der Waals surface area contributed by atoms with Gasteiger partial charge in [-0.05, 0) is 61.0 Å². The predicted molar refractivity (Wildman–Crippen MR) is 134 cm³/mol. The number of pyridine rings is 1. The molecule has 2 aromatic heterocycles. The van der Waals surface area contributed by atoms with E-state index in [1.807, 2.05) is 41.8 Å². The first-order valence-electron chi connectivity index (χ1n) is 10.3. The third-order valence-electron chi connectivity index (χ3n) is 4.87. The van der Waals surface area contributed by atoms with Crippen molar-refractivity contribution >= 4 is 46.6 Å². The van der Waals surface area contributed by atoms with Crippen molar-refractivity contribution in [2.24, 2.45) is 0 Å². The first-order chi connectivity index (χ1) is 16.4. The summed E-state index contributed by atoms with van der Waals surface area (Å²) in [7, 11) is 0. The van der Waals surface area contributed by atoms with Gasteiger partial charge in [-0.2, -0.15) is 0 Å². The molecule has 0 aliphatic rings. The molecule has 0 bridgehead atoms. The molecule has 0 aliphatic heterocycles. The number of rotatable bonds is 7. The second-order valence-electron chi connectivity index (χ2n) is 7.36. The van der Waals surface area contributed by atoms with Crippen molar-refractivity contribution in [3.63, 3.8) is 0 Å². The van der Waals surface area contributed by atoms with Crippen LogP contribution in [0.2, 0.25) is 5.02 Å². The molecule has 2 heterocycles. The van der Waals surface area contributed by atoms with Gasteiger partial charge < -0.3 is 10.6 Å². The Morgan fingerprint density at radius 1 is 0.971 bits per heavy atom. The van der Waals surface area contributed by atoms with Crippen LogP contribution in [0.4, 0.5) is 11.4 Å². The van der Waals surface area contributed by atoms with Crippen molar-refractivity contribution in [3.05, 3.63) is 77.6 Å². The van der Waals surface area contributed by atoms with Crippen LogP contribution in [0.1, 0.15) is 12.5 Å². The second-order valence-corrected chi connectivity index (χ2v) is 8.71. The summed E-state index contributed by atoms with van der Waals surface area (Å²) in [6.07, 6.45) is 3.38. The third kappa shape index (κ3) is 5.44. The highest BCUT2D eigenvalue weighted by atomic mass is 35.5. The summed E-state index contributed by atoms with van der Waals surface area (Å²) in [6.45, 7) is 3.37. The fourth-order valence-electron chi connectivity index (χ4n) is 3.27. The largest absolute Gasteiger partial charge is 0.326 e. The fraction of sp³-hybridized carbons (Fsp3) is 0.125. The van der Waals surface area contributed by atoms with Crippen molar-refractivity contribution in [1.29, 1.82) is 0 Å². The minimum Gasteiger partial charge on any atom is -0.326 e. The molecular weight excluding hydrogens is 472 g/mol. The molecule has 172 valence electrons. The zero-order valence-corrected chi connectivity index (χ0v) is 20.0. The number of nitrogens with zero attached hydrogens (tertiary/aromatic N) is 4. The van der Waals surface area contributed by atoms with Gasteiger partial charge in [0.05, 0.1) is 11.4 Å². The Hall–Kier alpha value is -3.69. The van der Waals surface area contributed by atoms with Crippen LogP contribution < -0.4 is 10.6 Å². The molecule has 2 N–H and O–H groups in total. The molecule has 4 rings (SSSR count). The lowest BCUT2D eigenvalue weighted by atomic mass is 10.2. The molecule has 0 spiro atoms. The Labute approximate surface area is 205 Å². The van der Waals surface area contributed by atoms with Crippen LogP contribution in [0.3, 0.4) is 0 Å². The van der Waals surface area contributed by atoms with Gasteiger partial charge in [0.15, 0.2) is 11.0 Å². The van der Waals surface area contributed by atoms with Crippen LogP contribution >= 0.6 is 23.4 Å². The number of carbonyl (C=O) groups excluding carboxylic acids is 2. The average Bonchev–Trinajstić information content (AvgIpc) is 3.25. The van der Waals surface area contributed by atoms with Crippen molar-refractivity contribution in [2.75, 3.05) is 16.4 Å². The van der Waals surface area contributed by atoms with Gasteiger partial charge in [-0.3, -0.25) is 19.1 Å². The number of halogens is 1. The highest BCUT2D eigenvalue weighted by Gasteiger charge is 2.19. The van der Waals surface area contributed by atoms with E-state index in [-0.39, 0.29) is 17.6 Å². The summed E-state index contributed by atoms with van der Waals surface area (Å²) in [4.78, 5) is 27.8. The minimum atomic E-state index is -0.194. The summed E-state index contributed by atoms with van der Waals surface area (Å²) >= 11 is 7.65. The van der Waals surface area contributed by atoms with Gasteiger partial charge in [-0.15, -0.1) is 10.2 Å². The van der Waals surface area contributed by atoms with Gasteiger partial charge in [0.25, 0.3) is 0 Å². The number of hydrogen-bond donors (Lipinski definition) is 2. The van der Waals surface area contributed by atoms with Gasteiger partial charge >= 0.3 is 0 Å². The SMILES string of the molecule is CC(=O)Nc1ccc(NC(=O)CSc2nnc(-c3ccncc3)n2-c2cccc(Cl)c2C)cc1. The standard InChI is InChI=1S/C24H21ClN6O2S/c1-15-20(25)4-3-5-21(15)31-23(17-10-12-26-13-11-17)29-30-24(31)34-14-22(33)28-19-8-6-18(7-9-19)27-16(2)32/h3-13H,14H2,1-2H3,(H,27,32)(H,28,33). The van der Waals surface area contributed by atoms with E-state index >= 15 is 0 Å². The zero-order valence-electron chi connectivity index (χ0n) is 18.4. The van der Waals surface area contributed by atoms with E-state index < -0.39 is 0 Å². The van der Waals surface area contributed by atoms with Gasteiger partial charge in [-0.1, -0.05) is 29.4 Å². The molecule has 0 unspecified atom stereocenters. The van der Waals surface area contributed by atoms with E-state index in [0.717, 1.165) is 16.8 Å². The Balaban J connectivity index is 1.55. The molecule has 34 heavy (non-hydrogen) atoms. The Morgan fingerprint density at radius 3 is 2.32 bits per heavy atom. The van der Waals surface area contributed by atoms with Crippen LogP contribution in [0.5, 0.6) is 0 Å². The van der Waals surface area contributed by atoms with E-state index in [1.54, 1.807) is 36.7 Å². The van der Waals surface area contributed by atoms with Crippen molar-refractivity contribution < 1.29 is 9.59 Å². The van der Waals surface area contributed by atoms with Crippen LogP contribution in [-0.4, -0.2) is 37.3 Å². The highest BCUT2D eigenvalue weighted by molar-refractivity contribution is 7.99. The molecule has 0 radical (unpaired) electrons. The zero-order chi connectivity index (χ0) is 24.1. The Kier molecular flexibility index (Phi) is 7.24. The average molecular weight is 493 g/mol. The molecule has 0 aliphatic carbocycles. The van der Waals surface area contributed by atoms with Crippen LogP contribution in [-0.2, 0) is 9.59 Å². The predicted octanol–water partition coefficient (Wildman–Crippen LogP) is 4.98. The molecule has 0 saturated carbocycles. The molecule has 0 saturated heterocycles. The fourth-order valence-corrected chi connectivity index (χ4v) is 4.19. The lowest BCUT2D eigenvalue weighted by Gasteiger charge is -2.14. The third-order valence-corrected chi connectivity index (χ3v) is 6.21. The first kappa shape index (κ1) is 23.5. The van der Waals surface area contributed by atoms with E-state index in [4.69, 9.17) is 11.6 Å². The number of carbonyl (C=O) groups is 2. The topological polar surface area (TPSA) is 102 Å². The maximum Gasteiger partial charge on any atom is 0.234 e. The van der Waals surface area contributed by atoms with E-state index in [0.29, 0.717) is 27.4 Å². The number of benzene rings is 2. The molecule has 2 amide bonds. The van der Waals surface area contributed by atoms with E-state index in [9.17, 15) is 9.59 Å². The summed E-state index contributed by atoms with van der Waals surface area (Å²) in [6, 6.07) is 16.3. The lowest BCUT2D eigenvalue weighted by Crippen LogP contribution is -2.15. The number of hydrogen-bond acceptors (Lipinski definition) is 6. The first-order valence-corrected chi connectivity index (χ1v) is 11.7. The molecule has 0 atom stereocenters. The maximum absolute atomic E-state index is 12.6. The summed E-state index contributed by atoms with van der Waals surface area (Å²) in [5.74, 6) is 0.407. The molecule has 0 fully saturated rings. The number of amides is 2. The lowest BCUT2D eigenvalue weighted by molar-refractivity contribution is -0.114. The van der Waals surface area contributed by atoms with Gasteiger partial charge in [-0.25, -0.2) is 0 Å². The van der Waals surface area contributed by atoms with Crippen LogP contribution in [0.25, 0.3) is 17.1 Å². The minimum absolute atomic E-state index is 0.127. The van der Waals surface area contributed by atoms with Crippen molar-refractivity contribution in [1.82, 2.24) is 19.7 Å². The summed E-state index contributed by atoms with van der Waals surface area (Å²) in [5.41, 5.74) is 3.85. The summed E-state index contributed by atoms with van der Waals surface area (Å²) < 4.78 is 1.90. The van der Waals surface area contributed by atoms with Gasteiger partial charge in [0.2, 0.25) is 11.8 Å². The molecular formula is C24H21ClN6O2S. The number of aromatic nitrogens is 4. The van der Waals surface area contributed by atoms with Gasteiger partial charge in [0.1, 0.15) is 0 Å². The van der Waals surface area contributed by atoms with E-state index in [2.05, 4.69) is 25.8 Å². The molecule has 8 nitrogen and oxygen atoms in total. The smallest absolute Gasteiger partial charge is 0.234 e. The van der Waals surface area contributed by atoms with E-state index in [1.165, 1.54) is 18.7 Å². The number of anilines is 2. The number of nitrogens with one attached hydrogen (secondary N) is 2. The Morgan fingerprint density at radius 2 is 1.65 bits per heavy atom. The normalized spacial score (nSPS) is 10.7. The molecule has 2 aromatic carbocycles. The summed E-state index contributed by atoms with van der Waals surface area (Å²) in [5, 5.41) is 15.5. The van der Waals surface area contributed by atoms with Crippen molar-refractivity contribution in [2.45, 2.75) is 19.0 Å². The monoisotopic (exact) mass is 492 g/mol. The van der Waals surface area contributed by atoms with Gasteiger partial charge in [0, 0.05) is 41.3 Å². The van der Waals surface area contributed by atoms with Crippen molar-refractivity contribution in [3.8, 4) is 17.1 Å². The number of thioether (sulfide) groups is 1. The second kappa shape index (κ2) is 10.5. The highest BCUT2D eigenvalue weighted by Crippen LogP contribution is 2.31. The van der Waals surface area contributed by atoms with Crippen LogP contribution in [0, 0.1) is 6.92 Å². The molecule has 4 aromatic rings. The molecule has 10 heteroatoms.